The summed E-state index contributed by atoms with van der Waals surface area (Å²) >= 11 is 0. The summed E-state index contributed by atoms with van der Waals surface area (Å²) in [5.74, 6) is -0.327. The summed E-state index contributed by atoms with van der Waals surface area (Å²) in [6, 6.07) is 2.16. The Hall–Kier alpha value is -1.89. The maximum atomic E-state index is 11.8. The quantitative estimate of drug-likeness (QED) is 0.748. The molecule has 1 saturated heterocycles. The first-order chi connectivity index (χ1) is 9.06. The lowest BCUT2D eigenvalue weighted by atomic mass is 10.1. The van der Waals surface area contributed by atoms with Gasteiger partial charge in [-0.2, -0.15) is 0 Å². The van der Waals surface area contributed by atoms with Gasteiger partial charge in [-0.3, -0.25) is 19.5 Å². The fourth-order valence-corrected chi connectivity index (χ4v) is 2.11. The molecule has 2 N–H and O–H groups in total. The molecule has 2 atom stereocenters. The molecule has 2 rings (SSSR count). The SMILES string of the molecule is CC(NC(=O)Cn1[nH]c(=O)ccc1=O)C1CCCO1. The third-order valence-electron chi connectivity index (χ3n) is 3.10. The molecule has 2 heterocycles. The van der Waals surface area contributed by atoms with Gasteiger partial charge < -0.3 is 10.1 Å². The molecule has 1 aliphatic heterocycles. The van der Waals surface area contributed by atoms with E-state index in [1.807, 2.05) is 6.92 Å². The molecule has 2 unspecified atom stereocenters. The van der Waals surface area contributed by atoms with Crippen LogP contribution in [0.1, 0.15) is 19.8 Å². The van der Waals surface area contributed by atoms with Gasteiger partial charge >= 0.3 is 0 Å². The number of amides is 1. The molecular formula is C12H17N3O4. The first kappa shape index (κ1) is 13.5. The second kappa shape index (κ2) is 5.83. The summed E-state index contributed by atoms with van der Waals surface area (Å²) in [6.45, 7) is 2.38. The van der Waals surface area contributed by atoms with Crippen molar-refractivity contribution in [2.75, 3.05) is 6.61 Å². The number of H-pyrrole nitrogens is 1. The van der Waals surface area contributed by atoms with E-state index in [1.165, 1.54) is 0 Å². The van der Waals surface area contributed by atoms with Gasteiger partial charge in [0.05, 0.1) is 12.1 Å². The van der Waals surface area contributed by atoms with Crippen LogP contribution in [0.5, 0.6) is 0 Å². The van der Waals surface area contributed by atoms with E-state index in [1.54, 1.807) is 0 Å². The molecule has 1 aliphatic rings. The van der Waals surface area contributed by atoms with Crippen LogP contribution in [0.3, 0.4) is 0 Å². The third kappa shape index (κ3) is 3.54. The number of aromatic amines is 1. The van der Waals surface area contributed by atoms with E-state index < -0.39 is 11.1 Å². The van der Waals surface area contributed by atoms with Crippen LogP contribution in [0, 0.1) is 0 Å². The Balaban J connectivity index is 1.95. The molecule has 1 aromatic rings. The normalized spacial score (nSPS) is 20.2. The Morgan fingerprint density at radius 1 is 1.58 bits per heavy atom. The van der Waals surface area contributed by atoms with Crippen molar-refractivity contribution in [1.82, 2.24) is 15.1 Å². The Morgan fingerprint density at radius 2 is 2.37 bits per heavy atom. The van der Waals surface area contributed by atoms with Crippen LogP contribution in [-0.2, 0) is 16.1 Å². The zero-order chi connectivity index (χ0) is 13.8. The number of rotatable bonds is 4. The maximum Gasteiger partial charge on any atom is 0.265 e. The van der Waals surface area contributed by atoms with Crippen LogP contribution in [0.25, 0.3) is 0 Å². The summed E-state index contributed by atoms with van der Waals surface area (Å²) in [7, 11) is 0. The summed E-state index contributed by atoms with van der Waals surface area (Å²) in [6.07, 6.45) is 1.94. The molecular weight excluding hydrogens is 250 g/mol. The highest BCUT2D eigenvalue weighted by atomic mass is 16.5. The number of carbonyl (C=O) groups excluding carboxylic acids is 1. The first-order valence-electron chi connectivity index (χ1n) is 6.27. The fraction of sp³-hybridized carbons (Fsp3) is 0.583. The number of hydrogen-bond donors (Lipinski definition) is 2. The minimum atomic E-state index is -0.417. The second-order valence-electron chi connectivity index (χ2n) is 4.64. The molecule has 7 heteroatoms. The number of ether oxygens (including phenoxy) is 1. The summed E-state index contributed by atoms with van der Waals surface area (Å²) in [5.41, 5.74) is -0.834. The van der Waals surface area contributed by atoms with E-state index in [0.29, 0.717) is 0 Å². The molecule has 7 nitrogen and oxygen atoms in total. The van der Waals surface area contributed by atoms with Crippen molar-refractivity contribution < 1.29 is 9.53 Å². The fourth-order valence-electron chi connectivity index (χ4n) is 2.11. The van der Waals surface area contributed by atoms with Crippen molar-refractivity contribution in [3.63, 3.8) is 0 Å². The molecule has 0 aliphatic carbocycles. The van der Waals surface area contributed by atoms with Crippen molar-refractivity contribution in [2.45, 2.75) is 38.5 Å². The van der Waals surface area contributed by atoms with Crippen LogP contribution < -0.4 is 16.4 Å². The monoisotopic (exact) mass is 267 g/mol. The number of nitrogens with zero attached hydrogens (tertiary/aromatic N) is 1. The van der Waals surface area contributed by atoms with E-state index in [-0.39, 0.29) is 24.6 Å². The smallest absolute Gasteiger partial charge is 0.265 e. The topological polar surface area (TPSA) is 93.2 Å². The lowest BCUT2D eigenvalue weighted by molar-refractivity contribution is -0.123. The highest BCUT2D eigenvalue weighted by Gasteiger charge is 2.23. The zero-order valence-corrected chi connectivity index (χ0v) is 10.7. The Morgan fingerprint density at radius 3 is 3.05 bits per heavy atom. The average Bonchev–Trinajstić information content (AvgIpc) is 2.87. The van der Waals surface area contributed by atoms with Gasteiger partial charge in [-0.1, -0.05) is 0 Å². The highest BCUT2D eigenvalue weighted by Crippen LogP contribution is 2.15. The van der Waals surface area contributed by atoms with Crippen LogP contribution in [0.4, 0.5) is 0 Å². The van der Waals surface area contributed by atoms with Gasteiger partial charge in [-0.25, -0.2) is 4.68 Å². The van der Waals surface area contributed by atoms with E-state index in [2.05, 4.69) is 10.4 Å². The van der Waals surface area contributed by atoms with Crippen molar-refractivity contribution in [1.29, 1.82) is 0 Å². The molecule has 1 aromatic heterocycles. The Kier molecular flexibility index (Phi) is 4.16. The second-order valence-corrected chi connectivity index (χ2v) is 4.64. The lowest BCUT2D eigenvalue weighted by Crippen LogP contribution is -2.44. The van der Waals surface area contributed by atoms with Crippen LogP contribution in [0.15, 0.2) is 21.7 Å². The lowest BCUT2D eigenvalue weighted by Gasteiger charge is -2.20. The van der Waals surface area contributed by atoms with E-state index in [4.69, 9.17) is 4.74 Å². The minimum Gasteiger partial charge on any atom is -0.376 e. The molecule has 0 bridgehead atoms. The van der Waals surface area contributed by atoms with E-state index >= 15 is 0 Å². The van der Waals surface area contributed by atoms with Gasteiger partial charge in [0.2, 0.25) is 5.91 Å². The number of hydrogen-bond acceptors (Lipinski definition) is 4. The van der Waals surface area contributed by atoms with Crippen LogP contribution in [0.2, 0.25) is 0 Å². The van der Waals surface area contributed by atoms with Crippen molar-refractivity contribution in [3.05, 3.63) is 32.8 Å². The van der Waals surface area contributed by atoms with Gasteiger partial charge in [0, 0.05) is 18.7 Å². The van der Waals surface area contributed by atoms with Gasteiger partial charge in [0.1, 0.15) is 6.54 Å². The highest BCUT2D eigenvalue weighted by molar-refractivity contribution is 5.75. The molecule has 0 saturated carbocycles. The zero-order valence-electron chi connectivity index (χ0n) is 10.7. The van der Waals surface area contributed by atoms with Crippen molar-refractivity contribution in [3.8, 4) is 0 Å². The molecule has 0 radical (unpaired) electrons. The standard InChI is InChI=1S/C12H17N3O4/c1-8(9-3-2-6-19-9)13-11(17)7-15-12(18)5-4-10(16)14-15/h4-5,8-9H,2-3,6-7H2,1H3,(H,13,17)(H,14,16). The van der Waals surface area contributed by atoms with Gasteiger partial charge in [-0.15, -0.1) is 0 Å². The first-order valence-corrected chi connectivity index (χ1v) is 6.27. The van der Waals surface area contributed by atoms with E-state index in [9.17, 15) is 14.4 Å². The molecule has 19 heavy (non-hydrogen) atoms. The largest absolute Gasteiger partial charge is 0.376 e. The minimum absolute atomic E-state index is 0.0236. The van der Waals surface area contributed by atoms with Gasteiger partial charge in [-0.05, 0) is 19.8 Å². The average molecular weight is 267 g/mol. The van der Waals surface area contributed by atoms with Crippen LogP contribution in [-0.4, -0.2) is 34.4 Å². The Labute approximate surface area is 109 Å². The summed E-state index contributed by atoms with van der Waals surface area (Å²) in [5, 5.41) is 5.08. The molecule has 1 amide bonds. The number of carbonyl (C=O) groups is 1. The Bertz CT molecular complexity index is 557. The van der Waals surface area contributed by atoms with Crippen molar-refractivity contribution in [2.24, 2.45) is 0 Å². The van der Waals surface area contributed by atoms with Gasteiger partial charge in [0.15, 0.2) is 0 Å². The van der Waals surface area contributed by atoms with Crippen molar-refractivity contribution >= 4 is 5.91 Å². The third-order valence-corrected chi connectivity index (χ3v) is 3.10. The number of nitrogens with one attached hydrogen (secondary N) is 2. The molecule has 1 fully saturated rings. The molecule has 104 valence electrons. The molecule has 0 aromatic carbocycles. The van der Waals surface area contributed by atoms with E-state index in [0.717, 1.165) is 36.3 Å². The predicted octanol–water partition coefficient (Wildman–Crippen LogP) is -0.780. The number of aromatic nitrogens is 2. The summed E-state index contributed by atoms with van der Waals surface area (Å²) in [4.78, 5) is 34.3. The molecule has 0 spiro atoms. The maximum absolute atomic E-state index is 11.8. The van der Waals surface area contributed by atoms with Crippen LogP contribution >= 0.6 is 0 Å². The van der Waals surface area contributed by atoms with Gasteiger partial charge in [0.25, 0.3) is 11.1 Å². The summed E-state index contributed by atoms with van der Waals surface area (Å²) < 4.78 is 6.45. The predicted molar refractivity (Wildman–Crippen MR) is 67.9 cm³/mol.